The van der Waals surface area contributed by atoms with Crippen LogP contribution in [-0.2, 0) is 19.5 Å². The number of pyridine rings is 1. The minimum Gasteiger partial charge on any atom is -0.322 e. The number of nitrogens with one attached hydrogen (secondary N) is 1. The van der Waals surface area contributed by atoms with Crippen molar-refractivity contribution in [3.8, 4) is 0 Å². The molecule has 1 aliphatic rings. The first-order chi connectivity index (χ1) is 13.6. The van der Waals surface area contributed by atoms with Gasteiger partial charge in [0, 0.05) is 54.9 Å². The molecule has 0 spiro atoms. The summed E-state index contributed by atoms with van der Waals surface area (Å²) in [6.07, 6.45) is 4.00. The molecule has 4 nitrogen and oxygen atoms in total. The van der Waals surface area contributed by atoms with Crippen molar-refractivity contribution in [1.29, 1.82) is 0 Å². The fourth-order valence-corrected chi connectivity index (χ4v) is 3.43. The normalized spacial score (nSPS) is 13.8. The number of fused-ring (bicyclic) bond motifs is 1. The summed E-state index contributed by atoms with van der Waals surface area (Å²) in [5, 5.41) is 2.90. The first-order valence-electron chi connectivity index (χ1n) is 9.08. The van der Waals surface area contributed by atoms with Gasteiger partial charge in [0.05, 0.1) is 0 Å². The van der Waals surface area contributed by atoms with Crippen LogP contribution in [-0.4, -0.2) is 22.3 Å². The van der Waals surface area contributed by atoms with E-state index in [0.29, 0.717) is 24.2 Å². The lowest BCUT2D eigenvalue weighted by Gasteiger charge is -2.29. The van der Waals surface area contributed by atoms with Gasteiger partial charge in [-0.2, -0.15) is 0 Å². The van der Waals surface area contributed by atoms with Gasteiger partial charge in [-0.15, -0.1) is 0 Å². The van der Waals surface area contributed by atoms with Crippen molar-refractivity contribution in [2.45, 2.75) is 19.5 Å². The van der Waals surface area contributed by atoms with Crippen LogP contribution < -0.4 is 5.32 Å². The van der Waals surface area contributed by atoms with Gasteiger partial charge in [-0.25, -0.2) is 8.78 Å². The summed E-state index contributed by atoms with van der Waals surface area (Å²) in [7, 11) is 0. The summed E-state index contributed by atoms with van der Waals surface area (Å²) >= 11 is 0. The Bertz CT molecular complexity index is 1010. The van der Waals surface area contributed by atoms with E-state index in [0.717, 1.165) is 30.3 Å². The number of rotatable bonds is 4. The minimum atomic E-state index is -0.570. The van der Waals surface area contributed by atoms with Gasteiger partial charge in [0.25, 0.3) is 5.91 Å². The molecule has 0 fully saturated rings. The first kappa shape index (κ1) is 18.3. The highest BCUT2D eigenvalue weighted by Crippen LogP contribution is 2.25. The number of aromatic nitrogens is 1. The zero-order valence-electron chi connectivity index (χ0n) is 15.2. The van der Waals surface area contributed by atoms with Crippen molar-refractivity contribution in [3.63, 3.8) is 0 Å². The highest BCUT2D eigenvalue weighted by atomic mass is 19.1. The predicted molar refractivity (Wildman–Crippen MR) is 103 cm³/mol. The third-order valence-corrected chi connectivity index (χ3v) is 4.91. The van der Waals surface area contributed by atoms with Gasteiger partial charge in [0.1, 0.15) is 11.6 Å². The van der Waals surface area contributed by atoms with Crippen LogP contribution in [0.15, 0.2) is 60.9 Å². The summed E-state index contributed by atoms with van der Waals surface area (Å²) in [5.74, 6) is -1.28. The quantitative estimate of drug-likeness (QED) is 0.740. The third-order valence-electron chi connectivity index (χ3n) is 4.91. The Morgan fingerprint density at radius 1 is 1.04 bits per heavy atom. The predicted octanol–water partition coefficient (Wildman–Crippen LogP) is 4.17. The number of nitrogens with zero attached hydrogens (tertiary/aromatic N) is 2. The Labute approximate surface area is 161 Å². The zero-order chi connectivity index (χ0) is 19.5. The highest BCUT2D eigenvalue weighted by Gasteiger charge is 2.18. The number of anilines is 1. The van der Waals surface area contributed by atoms with E-state index in [1.165, 1.54) is 17.7 Å². The molecule has 1 aliphatic heterocycles. The topological polar surface area (TPSA) is 45.2 Å². The molecular formula is C22H19F2N3O. The lowest BCUT2D eigenvalue weighted by molar-refractivity contribution is 0.102. The first-order valence-corrected chi connectivity index (χ1v) is 9.08. The lowest BCUT2D eigenvalue weighted by Crippen LogP contribution is -2.30. The molecule has 3 aromatic rings. The molecule has 0 saturated heterocycles. The second-order valence-corrected chi connectivity index (χ2v) is 6.87. The zero-order valence-corrected chi connectivity index (χ0v) is 15.2. The van der Waals surface area contributed by atoms with Crippen molar-refractivity contribution in [2.75, 3.05) is 11.9 Å². The standard InChI is InChI=1S/C22H19F2N3O/c23-19-3-1-17(21(24)12-19)13-27-10-7-15-2-4-20(11-18(15)14-27)26-22(28)16-5-8-25-9-6-16/h1-6,8-9,11-12H,7,10,13-14H2,(H,26,28). The number of amides is 1. The average molecular weight is 379 g/mol. The number of benzene rings is 2. The van der Waals surface area contributed by atoms with Gasteiger partial charge in [-0.1, -0.05) is 12.1 Å². The molecule has 0 saturated carbocycles. The van der Waals surface area contributed by atoms with E-state index >= 15 is 0 Å². The fourth-order valence-electron chi connectivity index (χ4n) is 3.43. The van der Waals surface area contributed by atoms with Crippen LogP contribution in [0, 0.1) is 11.6 Å². The van der Waals surface area contributed by atoms with Crippen LogP contribution in [0.4, 0.5) is 14.5 Å². The smallest absolute Gasteiger partial charge is 0.255 e. The molecular weight excluding hydrogens is 360 g/mol. The number of hydrogen-bond donors (Lipinski definition) is 1. The van der Waals surface area contributed by atoms with Crippen LogP contribution >= 0.6 is 0 Å². The Kier molecular flexibility index (Phi) is 5.12. The number of carbonyl (C=O) groups excluding carboxylic acids is 1. The van der Waals surface area contributed by atoms with E-state index in [1.807, 2.05) is 18.2 Å². The summed E-state index contributed by atoms with van der Waals surface area (Å²) in [6, 6.07) is 12.9. The maximum atomic E-state index is 14.0. The van der Waals surface area contributed by atoms with Crippen molar-refractivity contribution >= 4 is 11.6 Å². The molecule has 0 unspecified atom stereocenters. The van der Waals surface area contributed by atoms with E-state index in [4.69, 9.17) is 0 Å². The van der Waals surface area contributed by atoms with E-state index in [2.05, 4.69) is 15.2 Å². The van der Waals surface area contributed by atoms with Crippen LogP contribution in [0.25, 0.3) is 0 Å². The highest BCUT2D eigenvalue weighted by molar-refractivity contribution is 6.04. The van der Waals surface area contributed by atoms with E-state index < -0.39 is 11.6 Å². The molecule has 0 radical (unpaired) electrons. The molecule has 28 heavy (non-hydrogen) atoms. The van der Waals surface area contributed by atoms with Crippen LogP contribution in [0.1, 0.15) is 27.0 Å². The average Bonchev–Trinajstić information content (AvgIpc) is 2.70. The van der Waals surface area contributed by atoms with Crippen molar-refractivity contribution in [1.82, 2.24) is 9.88 Å². The molecule has 4 rings (SSSR count). The Morgan fingerprint density at radius 2 is 1.86 bits per heavy atom. The third kappa shape index (κ3) is 4.07. The molecule has 0 bridgehead atoms. The van der Waals surface area contributed by atoms with Gasteiger partial charge in [-0.05, 0) is 47.9 Å². The second kappa shape index (κ2) is 7.86. The fraction of sp³-hybridized carbons (Fsp3) is 0.182. The van der Waals surface area contributed by atoms with Crippen LogP contribution in [0.5, 0.6) is 0 Å². The van der Waals surface area contributed by atoms with E-state index in [1.54, 1.807) is 24.5 Å². The maximum absolute atomic E-state index is 14.0. The summed E-state index contributed by atoms with van der Waals surface area (Å²) in [5.41, 5.74) is 4.06. The van der Waals surface area contributed by atoms with Crippen LogP contribution in [0.3, 0.4) is 0 Å². The monoisotopic (exact) mass is 379 g/mol. The van der Waals surface area contributed by atoms with Crippen molar-refractivity contribution < 1.29 is 13.6 Å². The molecule has 1 N–H and O–H groups in total. The van der Waals surface area contributed by atoms with Gasteiger partial charge < -0.3 is 5.32 Å². The summed E-state index contributed by atoms with van der Waals surface area (Å²) in [4.78, 5) is 18.4. The SMILES string of the molecule is O=C(Nc1ccc2c(c1)CN(Cc1ccc(F)cc1F)CC2)c1ccncc1. The molecule has 2 aromatic carbocycles. The number of carbonyl (C=O) groups is 1. The molecule has 0 aliphatic carbocycles. The molecule has 1 amide bonds. The van der Waals surface area contributed by atoms with E-state index in [9.17, 15) is 13.6 Å². The molecule has 2 heterocycles. The Hall–Kier alpha value is -3.12. The van der Waals surface area contributed by atoms with Gasteiger partial charge in [-0.3, -0.25) is 14.7 Å². The maximum Gasteiger partial charge on any atom is 0.255 e. The molecule has 142 valence electrons. The van der Waals surface area contributed by atoms with Gasteiger partial charge >= 0.3 is 0 Å². The van der Waals surface area contributed by atoms with E-state index in [-0.39, 0.29) is 5.91 Å². The number of hydrogen-bond acceptors (Lipinski definition) is 3. The van der Waals surface area contributed by atoms with Crippen LogP contribution in [0.2, 0.25) is 0 Å². The summed E-state index contributed by atoms with van der Waals surface area (Å²) < 4.78 is 27.1. The number of halogens is 2. The second-order valence-electron chi connectivity index (χ2n) is 6.87. The summed E-state index contributed by atoms with van der Waals surface area (Å²) in [6.45, 7) is 1.86. The Balaban J connectivity index is 1.47. The van der Waals surface area contributed by atoms with Gasteiger partial charge in [0.15, 0.2) is 0 Å². The molecule has 1 aromatic heterocycles. The molecule has 0 atom stereocenters. The molecule has 6 heteroatoms. The lowest BCUT2D eigenvalue weighted by atomic mass is 9.98. The minimum absolute atomic E-state index is 0.191. The van der Waals surface area contributed by atoms with Crippen molar-refractivity contribution in [3.05, 3.63) is 94.8 Å². The Morgan fingerprint density at radius 3 is 2.64 bits per heavy atom. The van der Waals surface area contributed by atoms with Gasteiger partial charge in [0.2, 0.25) is 0 Å². The largest absolute Gasteiger partial charge is 0.322 e. The van der Waals surface area contributed by atoms with Crippen molar-refractivity contribution in [2.24, 2.45) is 0 Å².